The van der Waals surface area contributed by atoms with Crippen molar-refractivity contribution in [2.75, 3.05) is 47.4 Å². The third-order valence-electron chi connectivity index (χ3n) is 5.48. The van der Waals surface area contributed by atoms with Crippen molar-refractivity contribution in [2.24, 2.45) is 4.99 Å². The molecule has 1 aliphatic heterocycles. The van der Waals surface area contributed by atoms with Gasteiger partial charge in [-0.1, -0.05) is 6.08 Å². The molecule has 1 aromatic carbocycles. The van der Waals surface area contributed by atoms with Gasteiger partial charge in [0.2, 0.25) is 5.91 Å². The Bertz CT molecular complexity index is 770. The Kier molecular flexibility index (Phi) is 13.1. The van der Waals surface area contributed by atoms with Crippen LogP contribution in [0.3, 0.4) is 0 Å². The summed E-state index contributed by atoms with van der Waals surface area (Å²) in [5, 5.41) is 3.32. The van der Waals surface area contributed by atoms with Crippen molar-refractivity contribution in [3.05, 3.63) is 35.9 Å². The molecule has 1 amide bonds. The molecular formula is C24H39IN4O3. The van der Waals surface area contributed by atoms with Crippen LogP contribution in [0, 0.1) is 0 Å². The number of ether oxygens (including phenoxy) is 2. The number of guanidine groups is 1. The quantitative estimate of drug-likeness (QED) is 0.147. The van der Waals surface area contributed by atoms with Crippen LogP contribution in [0.25, 0.3) is 0 Å². The number of nitrogens with one attached hydrogen (secondary N) is 1. The molecule has 1 aromatic rings. The lowest BCUT2D eigenvalue weighted by atomic mass is 9.98. The maximum absolute atomic E-state index is 12.8. The van der Waals surface area contributed by atoms with E-state index in [1.807, 2.05) is 30.2 Å². The molecule has 8 heteroatoms. The van der Waals surface area contributed by atoms with E-state index in [-0.39, 0.29) is 29.9 Å². The average Bonchev–Trinajstić information content (AvgIpc) is 2.79. The summed E-state index contributed by atoms with van der Waals surface area (Å²) < 4.78 is 10.8. The summed E-state index contributed by atoms with van der Waals surface area (Å²) in [7, 11) is 5.32. The summed E-state index contributed by atoms with van der Waals surface area (Å²) >= 11 is 0. The van der Waals surface area contributed by atoms with Gasteiger partial charge in [0.15, 0.2) is 17.5 Å². The number of unbranched alkanes of at least 4 members (excludes halogenated alkanes) is 1. The lowest BCUT2D eigenvalue weighted by molar-refractivity contribution is -0.132. The van der Waals surface area contributed by atoms with Crippen molar-refractivity contribution >= 4 is 35.8 Å². The van der Waals surface area contributed by atoms with E-state index in [1.165, 1.54) is 5.56 Å². The van der Waals surface area contributed by atoms with E-state index in [2.05, 4.69) is 23.7 Å². The number of hydrogen-bond acceptors (Lipinski definition) is 4. The zero-order chi connectivity index (χ0) is 22.6. The van der Waals surface area contributed by atoms with Gasteiger partial charge >= 0.3 is 0 Å². The van der Waals surface area contributed by atoms with E-state index in [4.69, 9.17) is 14.5 Å². The zero-order valence-corrected chi connectivity index (χ0v) is 22.3. The van der Waals surface area contributed by atoms with Crippen molar-refractivity contribution in [2.45, 2.75) is 45.6 Å². The number of nitrogens with zero attached hydrogens (tertiary/aromatic N) is 3. The number of rotatable bonds is 11. The van der Waals surface area contributed by atoms with E-state index < -0.39 is 0 Å². The van der Waals surface area contributed by atoms with Crippen molar-refractivity contribution < 1.29 is 14.3 Å². The van der Waals surface area contributed by atoms with Gasteiger partial charge in [0.05, 0.1) is 14.2 Å². The highest BCUT2D eigenvalue weighted by Crippen LogP contribution is 2.33. The van der Waals surface area contributed by atoms with Crippen LogP contribution in [0.1, 0.15) is 43.7 Å². The maximum atomic E-state index is 12.8. The lowest BCUT2D eigenvalue weighted by Gasteiger charge is -2.29. The topological polar surface area (TPSA) is 66.4 Å². The van der Waals surface area contributed by atoms with Crippen molar-refractivity contribution in [3.8, 4) is 11.5 Å². The van der Waals surface area contributed by atoms with Gasteiger partial charge in [-0.25, -0.2) is 0 Å². The van der Waals surface area contributed by atoms with Crippen LogP contribution >= 0.6 is 24.0 Å². The number of hydrogen-bond donors (Lipinski definition) is 1. The van der Waals surface area contributed by atoms with Crippen LogP contribution in [0.5, 0.6) is 11.5 Å². The summed E-state index contributed by atoms with van der Waals surface area (Å²) in [5.74, 6) is 2.52. The van der Waals surface area contributed by atoms with E-state index in [1.54, 1.807) is 14.2 Å². The second kappa shape index (κ2) is 15.0. The van der Waals surface area contributed by atoms with Gasteiger partial charge in [-0.3, -0.25) is 9.79 Å². The lowest BCUT2D eigenvalue weighted by Crippen LogP contribution is -2.39. The fourth-order valence-electron chi connectivity index (χ4n) is 3.72. The molecule has 0 fully saturated rings. The van der Waals surface area contributed by atoms with Crippen LogP contribution in [0.2, 0.25) is 0 Å². The van der Waals surface area contributed by atoms with E-state index >= 15 is 0 Å². The first-order chi connectivity index (χ1) is 15.0. The molecule has 0 bridgehead atoms. The Hall–Kier alpha value is -1.97. The number of fused-ring (bicyclic) bond motifs is 1. The first-order valence-electron chi connectivity index (χ1n) is 11.2. The van der Waals surface area contributed by atoms with Gasteiger partial charge in [0.1, 0.15) is 0 Å². The Morgan fingerprint density at radius 2 is 1.94 bits per heavy atom. The van der Waals surface area contributed by atoms with Gasteiger partial charge < -0.3 is 24.6 Å². The monoisotopic (exact) mass is 558 g/mol. The average molecular weight is 559 g/mol. The molecule has 1 aliphatic rings. The predicted molar refractivity (Wildman–Crippen MR) is 141 cm³/mol. The molecular weight excluding hydrogens is 519 g/mol. The van der Waals surface area contributed by atoms with Crippen LogP contribution < -0.4 is 14.8 Å². The standard InChI is InChI=1S/C24H38N4O3.HI/c1-6-8-9-14-27(3)24(25-7-2)26-13-10-11-23(29)28-15-12-19-16-21(30-4)22(31-5)17-20(19)18-28;/h6,16-17H,1,7-15,18H2,2-5H3,(H,25,26);1H. The number of methoxy groups -OCH3 is 2. The fraction of sp³-hybridized carbons (Fsp3) is 0.583. The molecule has 0 radical (unpaired) electrons. The molecule has 1 heterocycles. The van der Waals surface area contributed by atoms with E-state index in [0.29, 0.717) is 25.3 Å². The van der Waals surface area contributed by atoms with Gasteiger partial charge in [-0.05, 0) is 55.9 Å². The Morgan fingerprint density at radius 3 is 2.56 bits per heavy atom. The van der Waals surface area contributed by atoms with E-state index in [9.17, 15) is 4.79 Å². The Labute approximate surface area is 210 Å². The minimum absolute atomic E-state index is 0. The van der Waals surface area contributed by atoms with Gasteiger partial charge in [0, 0.05) is 46.2 Å². The number of allylic oxidation sites excluding steroid dienone is 1. The number of amides is 1. The SMILES string of the molecule is C=CCCCN(C)C(=NCCCC(=O)N1CCc2cc(OC)c(OC)cc2C1)NCC.I. The fourth-order valence-corrected chi connectivity index (χ4v) is 3.72. The molecule has 0 spiro atoms. The first kappa shape index (κ1) is 28.1. The molecule has 180 valence electrons. The highest BCUT2D eigenvalue weighted by atomic mass is 127. The number of benzene rings is 1. The first-order valence-corrected chi connectivity index (χ1v) is 11.2. The van der Waals surface area contributed by atoms with Crippen LogP contribution in [-0.4, -0.2) is 69.1 Å². The Balaban J connectivity index is 0.00000512. The number of aliphatic imine (C=N–C) groups is 1. The smallest absolute Gasteiger partial charge is 0.222 e. The van der Waals surface area contributed by atoms with Gasteiger partial charge in [-0.15, -0.1) is 30.6 Å². The molecule has 7 nitrogen and oxygen atoms in total. The minimum Gasteiger partial charge on any atom is -0.493 e. The summed E-state index contributed by atoms with van der Waals surface area (Å²) in [6.07, 6.45) is 6.07. The third kappa shape index (κ3) is 8.18. The molecule has 1 N–H and O–H groups in total. The molecule has 0 saturated heterocycles. The molecule has 0 saturated carbocycles. The number of halogens is 1. The highest BCUT2D eigenvalue weighted by Gasteiger charge is 2.22. The molecule has 0 aromatic heterocycles. The highest BCUT2D eigenvalue weighted by molar-refractivity contribution is 14.0. The van der Waals surface area contributed by atoms with Crippen molar-refractivity contribution in [1.29, 1.82) is 0 Å². The van der Waals surface area contributed by atoms with Crippen molar-refractivity contribution in [3.63, 3.8) is 0 Å². The number of carbonyl (C=O) groups excluding carboxylic acids is 1. The zero-order valence-electron chi connectivity index (χ0n) is 20.0. The van der Waals surface area contributed by atoms with E-state index in [0.717, 1.165) is 62.6 Å². The molecule has 2 rings (SSSR count). The van der Waals surface area contributed by atoms with Crippen molar-refractivity contribution in [1.82, 2.24) is 15.1 Å². The van der Waals surface area contributed by atoms with Crippen LogP contribution in [-0.2, 0) is 17.8 Å². The predicted octanol–water partition coefficient (Wildman–Crippen LogP) is 3.85. The Morgan fingerprint density at radius 1 is 1.25 bits per heavy atom. The third-order valence-corrected chi connectivity index (χ3v) is 5.48. The minimum atomic E-state index is 0. The molecule has 0 aliphatic carbocycles. The molecule has 0 unspecified atom stereocenters. The molecule has 0 atom stereocenters. The summed E-state index contributed by atoms with van der Waals surface area (Å²) in [5.41, 5.74) is 2.35. The van der Waals surface area contributed by atoms with Crippen LogP contribution in [0.15, 0.2) is 29.8 Å². The van der Waals surface area contributed by atoms with Gasteiger partial charge in [0.25, 0.3) is 0 Å². The second-order valence-electron chi connectivity index (χ2n) is 7.73. The number of carbonyl (C=O) groups is 1. The van der Waals surface area contributed by atoms with Crippen LogP contribution in [0.4, 0.5) is 0 Å². The normalized spacial score (nSPS) is 13.0. The summed E-state index contributed by atoms with van der Waals surface area (Å²) in [6, 6.07) is 4.02. The largest absolute Gasteiger partial charge is 0.493 e. The summed E-state index contributed by atoms with van der Waals surface area (Å²) in [4.78, 5) is 21.5. The molecule has 32 heavy (non-hydrogen) atoms. The maximum Gasteiger partial charge on any atom is 0.222 e. The second-order valence-corrected chi connectivity index (χ2v) is 7.73. The summed E-state index contributed by atoms with van der Waals surface area (Å²) in [6.45, 7) is 9.58. The van der Waals surface area contributed by atoms with Gasteiger partial charge in [-0.2, -0.15) is 0 Å².